The molecule has 0 spiro atoms. The van der Waals surface area contributed by atoms with E-state index in [1.165, 1.54) is 0 Å². The average Bonchev–Trinajstić information content (AvgIpc) is 3.29. The maximum absolute atomic E-state index is 13.1. The van der Waals surface area contributed by atoms with E-state index in [2.05, 4.69) is 4.98 Å². The van der Waals surface area contributed by atoms with Gasteiger partial charge in [0, 0.05) is 37.9 Å². The number of imidazole rings is 1. The topological polar surface area (TPSA) is 64.4 Å². The Labute approximate surface area is 142 Å². The van der Waals surface area contributed by atoms with Gasteiger partial charge in [-0.05, 0) is 43.5 Å². The second-order valence-corrected chi connectivity index (χ2v) is 8.30. The van der Waals surface area contributed by atoms with Crippen molar-refractivity contribution in [1.82, 2.24) is 13.9 Å². The summed E-state index contributed by atoms with van der Waals surface area (Å²) in [6, 6.07) is 5.19. The standard InChI is InChI=1S/C17H21N3O3S/c1-13-18-7-9-19(13)12-15-3-2-8-20(15)24(21,22)16-4-5-17-14(11-16)6-10-23-17/h4-5,7,9,11,15H,2-3,6,8,10,12H2,1H3/t15-/m1/s1. The van der Waals surface area contributed by atoms with Crippen LogP contribution in [0.25, 0.3) is 0 Å². The van der Waals surface area contributed by atoms with Gasteiger partial charge in [0.05, 0.1) is 11.5 Å². The van der Waals surface area contributed by atoms with E-state index >= 15 is 0 Å². The molecule has 0 N–H and O–H groups in total. The minimum absolute atomic E-state index is 0.0209. The molecule has 1 atom stereocenters. The van der Waals surface area contributed by atoms with Crippen molar-refractivity contribution < 1.29 is 13.2 Å². The van der Waals surface area contributed by atoms with E-state index in [4.69, 9.17) is 4.74 Å². The van der Waals surface area contributed by atoms with Crippen molar-refractivity contribution in [2.24, 2.45) is 0 Å². The van der Waals surface area contributed by atoms with E-state index in [9.17, 15) is 8.42 Å². The summed E-state index contributed by atoms with van der Waals surface area (Å²) in [7, 11) is -3.48. The Morgan fingerprint density at radius 1 is 1.38 bits per heavy atom. The highest BCUT2D eigenvalue weighted by Gasteiger charge is 2.36. The lowest BCUT2D eigenvalue weighted by Crippen LogP contribution is -2.38. The fraction of sp³-hybridized carbons (Fsp3) is 0.471. The quantitative estimate of drug-likeness (QED) is 0.848. The van der Waals surface area contributed by atoms with Gasteiger partial charge in [0.25, 0.3) is 0 Å². The van der Waals surface area contributed by atoms with Crippen molar-refractivity contribution >= 4 is 10.0 Å². The maximum Gasteiger partial charge on any atom is 0.243 e. The average molecular weight is 347 g/mol. The first-order valence-electron chi connectivity index (χ1n) is 8.31. The number of aryl methyl sites for hydroxylation is 1. The predicted molar refractivity (Wildman–Crippen MR) is 89.5 cm³/mol. The third kappa shape index (κ3) is 2.61. The van der Waals surface area contributed by atoms with E-state index in [1.54, 1.807) is 28.7 Å². The maximum atomic E-state index is 13.1. The van der Waals surface area contributed by atoms with E-state index in [0.717, 1.165) is 36.4 Å². The van der Waals surface area contributed by atoms with Crippen LogP contribution >= 0.6 is 0 Å². The molecule has 2 aliphatic heterocycles. The molecule has 2 aliphatic rings. The lowest BCUT2D eigenvalue weighted by atomic mass is 10.2. The summed E-state index contributed by atoms with van der Waals surface area (Å²) in [5, 5.41) is 0. The molecule has 6 nitrogen and oxygen atoms in total. The smallest absolute Gasteiger partial charge is 0.243 e. The molecule has 1 fully saturated rings. The van der Waals surface area contributed by atoms with Gasteiger partial charge < -0.3 is 9.30 Å². The molecule has 128 valence electrons. The summed E-state index contributed by atoms with van der Waals surface area (Å²) in [6.07, 6.45) is 6.21. The van der Waals surface area contributed by atoms with Crippen LogP contribution < -0.4 is 4.74 Å². The van der Waals surface area contributed by atoms with E-state index < -0.39 is 10.0 Å². The largest absolute Gasteiger partial charge is 0.493 e. The number of sulfonamides is 1. The second kappa shape index (κ2) is 5.89. The SMILES string of the molecule is Cc1nccn1C[C@H]1CCCN1S(=O)(=O)c1ccc2c(c1)CCO2. The van der Waals surface area contributed by atoms with Gasteiger partial charge in [-0.15, -0.1) is 0 Å². The minimum atomic E-state index is -3.48. The molecule has 0 saturated carbocycles. The summed E-state index contributed by atoms with van der Waals surface area (Å²) in [4.78, 5) is 4.60. The first kappa shape index (κ1) is 15.7. The zero-order valence-corrected chi connectivity index (χ0v) is 14.5. The highest BCUT2D eigenvalue weighted by Crippen LogP contribution is 2.32. The Morgan fingerprint density at radius 3 is 3.04 bits per heavy atom. The van der Waals surface area contributed by atoms with E-state index in [-0.39, 0.29) is 6.04 Å². The molecule has 1 aromatic carbocycles. The molecule has 0 radical (unpaired) electrons. The summed E-state index contributed by atoms with van der Waals surface area (Å²) in [5.74, 6) is 1.72. The van der Waals surface area contributed by atoms with Gasteiger partial charge in [0.2, 0.25) is 10.0 Å². The number of benzene rings is 1. The van der Waals surface area contributed by atoms with Crippen LogP contribution in [0.1, 0.15) is 24.2 Å². The van der Waals surface area contributed by atoms with Crippen LogP contribution in [0.5, 0.6) is 5.75 Å². The monoisotopic (exact) mass is 347 g/mol. The highest BCUT2D eigenvalue weighted by molar-refractivity contribution is 7.89. The number of aromatic nitrogens is 2. The van der Waals surface area contributed by atoms with Gasteiger partial charge in [-0.25, -0.2) is 13.4 Å². The molecule has 0 bridgehead atoms. The molecule has 2 aromatic rings. The summed E-state index contributed by atoms with van der Waals surface area (Å²) in [5.41, 5.74) is 0.984. The number of hydrogen-bond donors (Lipinski definition) is 0. The third-order valence-electron chi connectivity index (χ3n) is 4.92. The second-order valence-electron chi connectivity index (χ2n) is 6.41. The lowest BCUT2D eigenvalue weighted by molar-refractivity contribution is 0.350. The normalized spacial score (nSPS) is 21.0. The zero-order chi connectivity index (χ0) is 16.7. The Hall–Kier alpha value is -1.86. The highest BCUT2D eigenvalue weighted by atomic mass is 32.2. The third-order valence-corrected chi connectivity index (χ3v) is 6.87. The van der Waals surface area contributed by atoms with Crippen molar-refractivity contribution in [2.45, 2.75) is 43.7 Å². The van der Waals surface area contributed by atoms with Crippen LogP contribution in [0.3, 0.4) is 0 Å². The Balaban J connectivity index is 1.62. The lowest BCUT2D eigenvalue weighted by Gasteiger charge is -2.25. The van der Waals surface area contributed by atoms with Crippen molar-refractivity contribution in [1.29, 1.82) is 0 Å². The van der Waals surface area contributed by atoms with E-state index in [0.29, 0.717) is 24.6 Å². The number of hydrogen-bond acceptors (Lipinski definition) is 4. The number of nitrogens with zero attached hydrogens (tertiary/aromatic N) is 3. The molecule has 7 heteroatoms. The van der Waals surface area contributed by atoms with Gasteiger partial charge >= 0.3 is 0 Å². The van der Waals surface area contributed by atoms with Gasteiger partial charge in [-0.1, -0.05) is 0 Å². The van der Waals surface area contributed by atoms with Crippen LogP contribution in [0, 0.1) is 6.92 Å². The van der Waals surface area contributed by atoms with Crippen LogP contribution in [0.15, 0.2) is 35.5 Å². The van der Waals surface area contributed by atoms with Gasteiger partial charge in [0.15, 0.2) is 0 Å². The molecular weight excluding hydrogens is 326 g/mol. The van der Waals surface area contributed by atoms with Crippen molar-refractivity contribution in [3.8, 4) is 5.75 Å². The van der Waals surface area contributed by atoms with Gasteiger partial charge in [0.1, 0.15) is 11.6 Å². The predicted octanol–water partition coefficient (Wildman–Crippen LogP) is 1.98. The van der Waals surface area contributed by atoms with Crippen LogP contribution in [-0.2, 0) is 23.0 Å². The molecular formula is C17H21N3O3S. The van der Waals surface area contributed by atoms with Crippen LogP contribution in [0.2, 0.25) is 0 Å². The molecule has 0 aliphatic carbocycles. The molecule has 1 saturated heterocycles. The Morgan fingerprint density at radius 2 is 2.25 bits per heavy atom. The van der Waals surface area contributed by atoms with Gasteiger partial charge in [-0.2, -0.15) is 4.31 Å². The zero-order valence-electron chi connectivity index (χ0n) is 13.7. The fourth-order valence-electron chi connectivity index (χ4n) is 3.59. The summed E-state index contributed by atoms with van der Waals surface area (Å²) >= 11 is 0. The van der Waals surface area contributed by atoms with Crippen molar-refractivity contribution in [3.05, 3.63) is 42.0 Å². The minimum Gasteiger partial charge on any atom is -0.493 e. The summed E-state index contributed by atoms with van der Waals surface area (Å²) in [6.45, 7) is 3.80. The van der Waals surface area contributed by atoms with Crippen LogP contribution in [-0.4, -0.2) is 41.5 Å². The first-order chi connectivity index (χ1) is 11.6. The number of rotatable bonds is 4. The molecule has 3 heterocycles. The number of ether oxygens (including phenoxy) is 1. The molecule has 0 unspecified atom stereocenters. The molecule has 1 aromatic heterocycles. The summed E-state index contributed by atoms with van der Waals surface area (Å²) < 4.78 is 35.4. The molecule has 24 heavy (non-hydrogen) atoms. The van der Waals surface area contributed by atoms with E-state index in [1.807, 2.05) is 17.7 Å². The van der Waals surface area contributed by atoms with Crippen molar-refractivity contribution in [2.75, 3.05) is 13.2 Å². The molecule has 4 rings (SSSR count). The number of fused-ring (bicyclic) bond motifs is 1. The van der Waals surface area contributed by atoms with Gasteiger partial charge in [-0.3, -0.25) is 0 Å². The molecule has 0 amide bonds. The first-order valence-corrected chi connectivity index (χ1v) is 9.75. The Kier molecular flexibility index (Phi) is 3.85. The fourth-order valence-corrected chi connectivity index (χ4v) is 5.33. The van der Waals surface area contributed by atoms with Crippen molar-refractivity contribution in [3.63, 3.8) is 0 Å². The van der Waals surface area contributed by atoms with Crippen LogP contribution in [0.4, 0.5) is 0 Å². The Bertz CT molecular complexity index is 860.